The number of rotatable bonds is 6. The largest absolute Gasteiger partial charge is 0.278 e. The molecule has 0 aliphatic heterocycles. The van der Waals surface area contributed by atoms with Gasteiger partial charge in [-0.15, -0.1) is 0 Å². The molecule has 7 heteroatoms. The van der Waals surface area contributed by atoms with Crippen molar-refractivity contribution >= 4 is 43.9 Å². The van der Waals surface area contributed by atoms with Crippen LogP contribution in [0.25, 0.3) is 101 Å². The van der Waals surface area contributed by atoms with Gasteiger partial charge in [0.25, 0.3) is 0 Å². The summed E-state index contributed by atoms with van der Waals surface area (Å²) in [4.78, 5) is 26.1. The zero-order chi connectivity index (χ0) is 37.0. The standard InChI is InChI=1S/C49H31N7/c1-5-17-32(18-6-1)36-29-40(33-19-7-2-8-20-33)50-44(30-36)56-41-27-15-13-25-37(41)39-31-43-45(51-48(39)56)38-26-14-16-28-42(38)55(43)49-53-46(34-21-9-3-10-22-34)52-47(54-49)35-23-11-4-12-24-35/h1-31H. The maximum absolute atomic E-state index is 5.56. The third-order valence-electron chi connectivity index (χ3n) is 10.4. The Morgan fingerprint density at radius 2 is 0.839 bits per heavy atom. The third kappa shape index (κ3) is 5.25. The number of pyridine rings is 2. The number of aromatic nitrogens is 7. The summed E-state index contributed by atoms with van der Waals surface area (Å²) in [5.41, 5.74) is 10.5. The average Bonchev–Trinajstić information content (AvgIpc) is 3.78. The van der Waals surface area contributed by atoms with E-state index in [1.54, 1.807) is 0 Å². The second-order valence-electron chi connectivity index (χ2n) is 13.8. The van der Waals surface area contributed by atoms with Crippen LogP contribution in [-0.2, 0) is 0 Å². The summed E-state index contributed by atoms with van der Waals surface area (Å²) in [6.07, 6.45) is 0. The van der Waals surface area contributed by atoms with Crippen LogP contribution in [0.5, 0.6) is 0 Å². The van der Waals surface area contributed by atoms with Crippen molar-refractivity contribution in [2.75, 3.05) is 0 Å². The van der Waals surface area contributed by atoms with Crippen LogP contribution >= 0.6 is 0 Å². The molecule has 0 aliphatic carbocycles. The first-order valence-corrected chi connectivity index (χ1v) is 18.6. The Hall–Kier alpha value is -7.77. The van der Waals surface area contributed by atoms with Gasteiger partial charge >= 0.3 is 0 Å². The van der Waals surface area contributed by atoms with Crippen molar-refractivity contribution < 1.29 is 0 Å². The Morgan fingerprint density at radius 3 is 1.46 bits per heavy atom. The minimum atomic E-state index is 0.526. The van der Waals surface area contributed by atoms with Gasteiger partial charge in [0, 0.05) is 32.8 Å². The highest BCUT2D eigenvalue weighted by atomic mass is 15.2. The lowest BCUT2D eigenvalue weighted by molar-refractivity contribution is 0.953. The highest BCUT2D eigenvalue weighted by Crippen LogP contribution is 2.38. The highest BCUT2D eigenvalue weighted by molar-refractivity contribution is 6.15. The number of benzene rings is 6. The fourth-order valence-corrected chi connectivity index (χ4v) is 7.77. The maximum Gasteiger partial charge on any atom is 0.238 e. The van der Waals surface area contributed by atoms with E-state index in [1.807, 2.05) is 72.8 Å². The first-order chi connectivity index (χ1) is 27.8. The Morgan fingerprint density at radius 1 is 0.321 bits per heavy atom. The predicted octanol–water partition coefficient (Wildman–Crippen LogP) is 11.5. The molecule has 0 saturated carbocycles. The molecule has 0 atom stereocenters. The molecule has 0 aliphatic rings. The zero-order valence-electron chi connectivity index (χ0n) is 30.0. The fraction of sp³-hybridized carbons (Fsp3) is 0. The lowest BCUT2D eigenvalue weighted by atomic mass is 10.0. The molecule has 0 N–H and O–H groups in total. The molecule has 0 saturated heterocycles. The summed E-state index contributed by atoms with van der Waals surface area (Å²) >= 11 is 0. The van der Waals surface area contributed by atoms with E-state index in [1.165, 1.54) is 0 Å². The number of para-hydroxylation sites is 2. The van der Waals surface area contributed by atoms with E-state index in [9.17, 15) is 0 Å². The van der Waals surface area contributed by atoms with Crippen LogP contribution in [0.15, 0.2) is 188 Å². The second-order valence-corrected chi connectivity index (χ2v) is 13.8. The quantitative estimate of drug-likeness (QED) is 0.171. The van der Waals surface area contributed by atoms with Crippen LogP contribution < -0.4 is 0 Å². The van der Waals surface area contributed by atoms with Gasteiger partial charge in [-0.25, -0.2) is 15.0 Å². The molecule has 0 fully saturated rings. The van der Waals surface area contributed by atoms with Crippen LogP contribution in [0.4, 0.5) is 0 Å². The number of nitrogens with zero attached hydrogens (tertiary/aromatic N) is 7. The topological polar surface area (TPSA) is 74.3 Å². The molecule has 56 heavy (non-hydrogen) atoms. The minimum Gasteiger partial charge on any atom is -0.278 e. The average molecular weight is 718 g/mol. The van der Waals surface area contributed by atoms with Crippen LogP contribution in [-0.4, -0.2) is 34.1 Å². The van der Waals surface area contributed by atoms with Crippen molar-refractivity contribution in [1.82, 2.24) is 34.1 Å². The van der Waals surface area contributed by atoms with Gasteiger partial charge in [-0.05, 0) is 41.5 Å². The van der Waals surface area contributed by atoms with Crippen molar-refractivity contribution in [3.05, 3.63) is 188 Å². The molecule has 7 nitrogen and oxygen atoms in total. The Balaban J connectivity index is 1.21. The lowest BCUT2D eigenvalue weighted by Gasteiger charge is -2.12. The summed E-state index contributed by atoms with van der Waals surface area (Å²) in [6.45, 7) is 0. The van der Waals surface area contributed by atoms with Gasteiger partial charge in [0.05, 0.1) is 27.8 Å². The van der Waals surface area contributed by atoms with Crippen molar-refractivity contribution in [3.8, 4) is 56.9 Å². The summed E-state index contributed by atoms with van der Waals surface area (Å²) in [5.74, 6) is 2.53. The van der Waals surface area contributed by atoms with Gasteiger partial charge in [0.15, 0.2) is 11.6 Å². The smallest absolute Gasteiger partial charge is 0.238 e. The van der Waals surface area contributed by atoms with Gasteiger partial charge < -0.3 is 0 Å². The molecule has 11 rings (SSSR count). The van der Waals surface area contributed by atoms with Crippen LogP contribution in [0.2, 0.25) is 0 Å². The fourth-order valence-electron chi connectivity index (χ4n) is 7.77. The predicted molar refractivity (Wildman–Crippen MR) is 226 cm³/mol. The highest BCUT2D eigenvalue weighted by Gasteiger charge is 2.23. The summed E-state index contributed by atoms with van der Waals surface area (Å²) in [7, 11) is 0. The van der Waals surface area contributed by atoms with E-state index in [2.05, 4.69) is 124 Å². The number of hydrogen-bond acceptors (Lipinski definition) is 5. The molecule has 0 radical (unpaired) electrons. The molecule has 0 unspecified atom stereocenters. The van der Waals surface area contributed by atoms with E-state index in [0.29, 0.717) is 17.6 Å². The van der Waals surface area contributed by atoms with Gasteiger partial charge in [0.1, 0.15) is 11.5 Å². The molecule has 6 aromatic carbocycles. The van der Waals surface area contributed by atoms with Gasteiger partial charge in [-0.1, -0.05) is 158 Å². The second kappa shape index (κ2) is 13.0. The van der Waals surface area contributed by atoms with E-state index >= 15 is 0 Å². The molecule has 5 heterocycles. The van der Waals surface area contributed by atoms with E-state index in [-0.39, 0.29) is 0 Å². The molecule has 0 amide bonds. The van der Waals surface area contributed by atoms with Crippen LogP contribution in [0.3, 0.4) is 0 Å². The number of fused-ring (bicyclic) bond motifs is 6. The van der Waals surface area contributed by atoms with Crippen LogP contribution in [0.1, 0.15) is 0 Å². The monoisotopic (exact) mass is 717 g/mol. The van der Waals surface area contributed by atoms with Crippen molar-refractivity contribution in [2.45, 2.75) is 0 Å². The first kappa shape index (κ1) is 31.7. The molecule has 5 aromatic heterocycles. The Bertz CT molecular complexity index is 2890. The van der Waals surface area contributed by atoms with Gasteiger partial charge in [-0.2, -0.15) is 9.97 Å². The van der Waals surface area contributed by atoms with Crippen molar-refractivity contribution in [2.24, 2.45) is 0 Å². The summed E-state index contributed by atoms with van der Waals surface area (Å²) < 4.78 is 4.34. The van der Waals surface area contributed by atoms with Gasteiger partial charge in [0.2, 0.25) is 5.95 Å². The molecule has 0 bridgehead atoms. The Labute approximate surface area is 321 Å². The molecule has 0 spiro atoms. The van der Waals surface area contributed by atoms with E-state index in [0.717, 1.165) is 83.2 Å². The summed E-state index contributed by atoms with van der Waals surface area (Å²) in [5, 5.41) is 3.08. The zero-order valence-corrected chi connectivity index (χ0v) is 30.0. The molecular formula is C49H31N7. The van der Waals surface area contributed by atoms with Crippen LogP contribution in [0, 0.1) is 0 Å². The van der Waals surface area contributed by atoms with Crippen molar-refractivity contribution in [1.29, 1.82) is 0 Å². The van der Waals surface area contributed by atoms with E-state index < -0.39 is 0 Å². The first-order valence-electron chi connectivity index (χ1n) is 18.6. The normalized spacial score (nSPS) is 11.6. The van der Waals surface area contributed by atoms with Gasteiger partial charge in [-0.3, -0.25) is 9.13 Å². The van der Waals surface area contributed by atoms with Crippen molar-refractivity contribution in [3.63, 3.8) is 0 Å². The molecular weight excluding hydrogens is 687 g/mol. The summed E-state index contributed by atoms with van der Waals surface area (Å²) in [6, 6.07) is 64.4. The molecule has 262 valence electrons. The maximum atomic E-state index is 5.56. The molecule has 11 aromatic rings. The lowest BCUT2D eigenvalue weighted by Crippen LogP contribution is -2.06. The Kier molecular flexibility index (Phi) is 7.35. The van der Waals surface area contributed by atoms with E-state index in [4.69, 9.17) is 24.9 Å². The SMILES string of the molecule is c1ccc(-c2cc(-c3ccccc3)nc(-n3c4ccccc4c4cc5c(nc43)c3ccccc3n5-c3nc(-c4ccccc4)nc(-c4ccccc4)n3)c2)cc1. The number of hydrogen-bond donors (Lipinski definition) is 0. The minimum absolute atomic E-state index is 0.526. The third-order valence-corrected chi connectivity index (χ3v) is 10.4.